The molecule has 0 N–H and O–H groups in total. The molecule has 1 atom stereocenters. The van der Waals surface area contributed by atoms with Gasteiger partial charge in [-0.1, -0.05) is 41.4 Å². The lowest BCUT2D eigenvalue weighted by Crippen LogP contribution is -2.22. The summed E-state index contributed by atoms with van der Waals surface area (Å²) in [5.41, 5.74) is 2.79. The minimum absolute atomic E-state index is 0.244. The Morgan fingerprint density at radius 2 is 1.81 bits per heavy atom. The van der Waals surface area contributed by atoms with Gasteiger partial charge in [0, 0.05) is 22.6 Å². The van der Waals surface area contributed by atoms with Gasteiger partial charge in [-0.3, -0.25) is 4.90 Å². The molecule has 2 rings (SSSR count). The van der Waals surface area contributed by atoms with Gasteiger partial charge in [0.2, 0.25) is 0 Å². The number of benzene rings is 2. The number of hydrogen-bond acceptors (Lipinski definition) is 2. The highest BCUT2D eigenvalue weighted by Gasteiger charge is 2.13. The Morgan fingerprint density at radius 1 is 1.14 bits per heavy atom. The summed E-state index contributed by atoms with van der Waals surface area (Å²) in [6, 6.07) is 15.6. The zero-order valence-electron chi connectivity index (χ0n) is 12.0. The third kappa shape index (κ3) is 3.98. The van der Waals surface area contributed by atoms with Crippen molar-refractivity contribution in [3.8, 4) is 6.07 Å². The molecule has 0 heterocycles. The third-order valence-corrected chi connectivity index (χ3v) is 4.22. The summed E-state index contributed by atoms with van der Waals surface area (Å²) in [5.74, 6) is 0. The van der Waals surface area contributed by atoms with E-state index in [9.17, 15) is 0 Å². The van der Waals surface area contributed by atoms with E-state index in [1.165, 1.54) is 5.56 Å². The SMILES string of the molecule is CC(c1ccc(Cl)cc1)N(C)Cc1ccc(C#N)cc1Cl. The number of rotatable bonds is 4. The second-order valence-electron chi connectivity index (χ2n) is 5.06. The van der Waals surface area contributed by atoms with Crippen LogP contribution >= 0.6 is 23.2 Å². The minimum Gasteiger partial charge on any atom is -0.295 e. The lowest BCUT2D eigenvalue weighted by molar-refractivity contribution is 0.253. The molecule has 0 aliphatic heterocycles. The van der Waals surface area contributed by atoms with Crippen molar-refractivity contribution in [2.75, 3.05) is 7.05 Å². The summed E-state index contributed by atoms with van der Waals surface area (Å²) in [4.78, 5) is 2.20. The van der Waals surface area contributed by atoms with E-state index in [-0.39, 0.29) is 6.04 Å². The van der Waals surface area contributed by atoms with Crippen LogP contribution in [0.15, 0.2) is 42.5 Å². The molecule has 2 nitrogen and oxygen atoms in total. The fourth-order valence-corrected chi connectivity index (χ4v) is 2.51. The van der Waals surface area contributed by atoms with Gasteiger partial charge in [0.25, 0.3) is 0 Å². The van der Waals surface area contributed by atoms with Gasteiger partial charge in [-0.15, -0.1) is 0 Å². The van der Waals surface area contributed by atoms with Crippen molar-refractivity contribution in [3.63, 3.8) is 0 Å². The van der Waals surface area contributed by atoms with Crippen LogP contribution < -0.4 is 0 Å². The third-order valence-electron chi connectivity index (χ3n) is 3.62. The second-order valence-corrected chi connectivity index (χ2v) is 5.90. The average molecular weight is 319 g/mol. The van der Waals surface area contributed by atoms with Crippen LogP contribution in [-0.2, 0) is 6.54 Å². The molecule has 0 aromatic heterocycles. The number of halogens is 2. The van der Waals surface area contributed by atoms with E-state index < -0.39 is 0 Å². The van der Waals surface area contributed by atoms with E-state index in [4.69, 9.17) is 28.5 Å². The van der Waals surface area contributed by atoms with Crippen molar-refractivity contribution >= 4 is 23.2 Å². The Kier molecular flexibility index (Phi) is 5.25. The summed E-state index contributed by atoms with van der Waals surface area (Å²) in [6.45, 7) is 2.86. The molecule has 0 fully saturated rings. The first kappa shape index (κ1) is 15.9. The van der Waals surface area contributed by atoms with Gasteiger partial charge in [0.05, 0.1) is 11.6 Å². The fourth-order valence-electron chi connectivity index (χ4n) is 2.15. The number of nitrogens with zero attached hydrogens (tertiary/aromatic N) is 2. The highest BCUT2D eigenvalue weighted by molar-refractivity contribution is 6.31. The van der Waals surface area contributed by atoms with Crippen LogP contribution in [0.1, 0.15) is 29.7 Å². The second kappa shape index (κ2) is 6.95. The lowest BCUT2D eigenvalue weighted by Gasteiger charge is -2.25. The first-order chi connectivity index (χ1) is 10.0. The first-order valence-electron chi connectivity index (χ1n) is 6.65. The van der Waals surface area contributed by atoms with Crippen LogP contribution in [0.3, 0.4) is 0 Å². The van der Waals surface area contributed by atoms with Crippen molar-refractivity contribution < 1.29 is 0 Å². The van der Waals surface area contributed by atoms with E-state index in [1.807, 2.05) is 37.4 Å². The molecule has 108 valence electrons. The van der Waals surface area contributed by atoms with E-state index in [0.29, 0.717) is 17.1 Å². The maximum atomic E-state index is 8.86. The van der Waals surface area contributed by atoms with Crippen LogP contribution in [0.4, 0.5) is 0 Å². The molecule has 1 unspecified atom stereocenters. The molecular formula is C17H16Cl2N2. The molecule has 0 bridgehead atoms. The van der Waals surface area contributed by atoms with Crippen LogP contribution in [0.5, 0.6) is 0 Å². The van der Waals surface area contributed by atoms with Crippen LogP contribution in [0.2, 0.25) is 10.0 Å². The minimum atomic E-state index is 0.244. The molecule has 0 spiro atoms. The summed E-state index contributed by atoms with van der Waals surface area (Å²) >= 11 is 12.1. The first-order valence-corrected chi connectivity index (χ1v) is 7.41. The van der Waals surface area contributed by atoms with Gasteiger partial charge in [0.15, 0.2) is 0 Å². The predicted octanol–water partition coefficient (Wildman–Crippen LogP) is 5.06. The smallest absolute Gasteiger partial charge is 0.0992 e. The molecule has 0 amide bonds. The number of nitriles is 1. The largest absolute Gasteiger partial charge is 0.295 e. The molecule has 2 aromatic rings. The van der Waals surface area contributed by atoms with E-state index in [1.54, 1.807) is 12.1 Å². The van der Waals surface area contributed by atoms with Crippen molar-refractivity contribution in [2.24, 2.45) is 0 Å². The lowest BCUT2D eigenvalue weighted by atomic mass is 10.1. The topological polar surface area (TPSA) is 27.0 Å². The van der Waals surface area contributed by atoms with Crippen molar-refractivity contribution in [1.82, 2.24) is 4.90 Å². The van der Waals surface area contributed by atoms with Gasteiger partial charge < -0.3 is 0 Å². The van der Waals surface area contributed by atoms with Gasteiger partial charge in [-0.2, -0.15) is 5.26 Å². The van der Waals surface area contributed by atoms with Crippen molar-refractivity contribution in [3.05, 3.63) is 69.2 Å². The molecule has 0 radical (unpaired) electrons. The van der Waals surface area contributed by atoms with Crippen molar-refractivity contribution in [2.45, 2.75) is 19.5 Å². The van der Waals surface area contributed by atoms with Crippen LogP contribution in [-0.4, -0.2) is 11.9 Å². The fraction of sp³-hybridized carbons (Fsp3) is 0.235. The maximum absolute atomic E-state index is 8.86. The summed E-state index contributed by atoms with van der Waals surface area (Å²) in [6.07, 6.45) is 0. The zero-order chi connectivity index (χ0) is 15.4. The quantitative estimate of drug-likeness (QED) is 0.788. The molecule has 0 aliphatic rings. The average Bonchev–Trinajstić information content (AvgIpc) is 2.49. The van der Waals surface area contributed by atoms with Gasteiger partial charge in [0.1, 0.15) is 0 Å². The van der Waals surface area contributed by atoms with Gasteiger partial charge in [-0.25, -0.2) is 0 Å². The normalized spacial score (nSPS) is 12.2. The maximum Gasteiger partial charge on any atom is 0.0992 e. The van der Waals surface area contributed by atoms with Gasteiger partial charge in [-0.05, 0) is 49.4 Å². The summed E-state index contributed by atoms with van der Waals surface area (Å²) in [5, 5.41) is 10.2. The summed E-state index contributed by atoms with van der Waals surface area (Å²) < 4.78 is 0. The molecule has 0 saturated carbocycles. The van der Waals surface area contributed by atoms with Crippen LogP contribution in [0.25, 0.3) is 0 Å². The molecule has 4 heteroatoms. The Balaban J connectivity index is 2.12. The summed E-state index contributed by atoms with van der Waals surface area (Å²) in [7, 11) is 2.05. The standard InChI is InChI=1S/C17H16Cl2N2/c1-12(14-5-7-16(18)8-6-14)21(2)11-15-4-3-13(10-20)9-17(15)19/h3-9,12H,11H2,1-2H3. The highest BCUT2D eigenvalue weighted by Crippen LogP contribution is 2.25. The number of hydrogen-bond donors (Lipinski definition) is 0. The van der Waals surface area contributed by atoms with Crippen LogP contribution in [0, 0.1) is 11.3 Å². The molecule has 0 aliphatic carbocycles. The molecule has 0 saturated heterocycles. The molecule has 21 heavy (non-hydrogen) atoms. The Morgan fingerprint density at radius 3 is 2.38 bits per heavy atom. The van der Waals surface area contributed by atoms with Crippen molar-refractivity contribution in [1.29, 1.82) is 5.26 Å². The zero-order valence-corrected chi connectivity index (χ0v) is 13.5. The van der Waals surface area contributed by atoms with Gasteiger partial charge >= 0.3 is 0 Å². The molecule has 2 aromatic carbocycles. The Bertz CT molecular complexity index is 659. The van der Waals surface area contributed by atoms with E-state index in [0.717, 1.165) is 10.6 Å². The molecular weight excluding hydrogens is 303 g/mol. The van der Waals surface area contributed by atoms with E-state index >= 15 is 0 Å². The van der Waals surface area contributed by atoms with E-state index in [2.05, 4.69) is 17.9 Å². The Hall–Kier alpha value is -1.53. The Labute approximate surface area is 135 Å². The predicted molar refractivity (Wildman–Crippen MR) is 87.5 cm³/mol. The highest BCUT2D eigenvalue weighted by atomic mass is 35.5. The monoisotopic (exact) mass is 318 g/mol.